The molecular formula is C16H20N2O2S. The van der Waals surface area contributed by atoms with Crippen LogP contribution in [0.5, 0.6) is 0 Å². The lowest BCUT2D eigenvalue weighted by Crippen LogP contribution is -2.15. The number of rotatable bonds is 4. The molecule has 0 aliphatic rings. The molecule has 0 heterocycles. The Bertz CT molecular complexity index is 768. The molecule has 0 aliphatic heterocycles. The normalized spacial score (nSPS) is 11.4. The summed E-state index contributed by atoms with van der Waals surface area (Å²) in [5.41, 5.74) is 9.67. The molecule has 2 rings (SSSR count). The molecule has 0 aliphatic carbocycles. The fourth-order valence-corrected chi connectivity index (χ4v) is 3.63. The Labute approximate surface area is 126 Å². The van der Waals surface area contributed by atoms with Crippen molar-refractivity contribution in [2.45, 2.75) is 32.2 Å². The first-order chi connectivity index (χ1) is 9.83. The van der Waals surface area contributed by atoms with Gasteiger partial charge in [0.1, 0.15) is 0 Å². The summed E-state index contributed by atoms with van der Waals surface area (Å²) in [6.45, 7) is 5.93. The van der Waals surface area contributed by atoms with E-state index in [9.17, 15) is 8.42 Å². The van der Waals surface area contributed by atoms with E-state index in [1.807, 2.05) is 32.0 Å². The van der Waals surface area contributed by atoms with Crippen molar-refractivity contribution in [3.63, 3.8) is 0 Å². The first kappa shape index (κ1) is 15.5. The number of aryl methyl sites for hydroxylation is 2. The minimum atomic E-state index is -3.62. The monoisotopic (exact) mass is 304 g/mol. The van der Waals surface area contributed by atoms with Gasteiger partial charge in [0.25, 0.3) is 10.0 Å². The third-order valence-electron chi connectivity index (χ3n) is 3.48. The topological polar surface area (TPSA) is 72.2 Å². The molecule has 3 N–H and O–H groups in total. The van der Waals surface area contributed by atoms with Gasteiger partial charge in [0.05, 0.1) is 4.90 Å². The zero-order chi connectivity index (χ0) is 15.6. The Morgan fingerprint density at radius 2 is 1.81 bits per heavy atom. The van der Waals surface area contributed by atoms with Gasteiger partial charge in [-0.1, -0.05) is 18.2 Å². The van der Waals surface area contributed by atoms with E-state index >= 15 is 0 Å². The van der Waals surface area contributed by atoms with E-state index in [4.69, 9.17) is 5.73 Å². The minimum absolute atomic E-state index is 0.282. The molecule has 2 aromatic carbocycles. The number of nitrogens with two attached hydrogens (primary N) is 1. The number of hydrogen-bond donors (Lipinski definition) is 2. The molecule has 0 spiro atoms. The molecule has 0 radical (unpaired) electrons. The highest BCUT2D eigenvalue weighted by molar-refractivity contribution is 7.92. The molecule has 0 atom stereocenters. The third-order valence-corrected chi connectivity index (χ3v) is 4.98. The molecule has 21 heavy (non-hydrogen) atoms. The molecule has 0 fully saturated rings. The van der Waals surface area contributed by atoms with Crippen LogP contribution in [0.4, 0.5) is 5.69 Å². The lowest BCUT2D eigenvalue weighted by atomic mass is 10.1. The van der Waals surface area contributed by atoms with Crippen LogP contribution < -0.4 is 10.5 Å². The van der Waals surface area contributed by atoms with Crippen LogP contribution >= 0.6 is 0 Å². The van der Waals surface area contributed by atoms with Gasteiger partial charge in [0.2, 0.25) is 0 Å². The molecule has 0 bridgehead atoms. The molecule has 0 saturated heterocycles. The van der Waals surface area contributed by atoms with Crippen LogP contribution in [0.2, 0.25) is 0 Å². The number of nitrogens with one attached hydrogen (secondary N) is 1. The Morgan fingerprint density at radius 1 is 1.10 bits per heavy atom. The van der Waals surface area contributed by atoms with E-state index in [0.29, 0.717) is 12.2 Å². The summed E-state index contributed by atoms with van der Waals surface area (Å²) < 4.78 is 27.8. The predicted octanol–water partition coefficient (Wildman–Crippen LogP) is 2.87. The van der Waals surface area contributed by atoms with E-state index in [1.54, 1.807) is 25.1 Å². The lowest BCUT2D eigenvalue weighted by molar-refractivity contribution is 0.600. The summed E-state index contributed by atoms with van der Waals surface area (Å²) in [5, 5.41) is 0. The molecule has 5 heteroatoms. The smallest absolute Gasteiger partial charge is 0.262 e. The van der Waals surface area contributed by atoms with Gasteiger partial charge in [0.15, 0.2) is 0 Å². The van der Waals surface area contributed by atoms with Crippen molar-refractivity contribution in [1.82, 2.24) is 0 Å². The van der Waals surface area contributed by atoms with E-state index in [1.165, 1.54) is 0 Å². The summed E-state index contributed by atoms with van der Waals surface area (Å²) in [6, 6.07) is 10.8. The van der Waals surface area contributed by atoms with Gasteiger partial charge in [-0.3, -0.25) is 4.72 Å². The van der Waals surface area contributed by atoms with E-state index in [-0.39, 0.29) is 4.90 Å². The summed E-state index contributed by atoms with van der Waals surface area (Å²) in [4.78, 5) is 0.282. The van der Waals surface area contributed by atoms with Gasteiger partial charge in [-0.05, 0) is 61.2 Å². The molecule has 112 valence electrons. The zero-order valence-electron chi connectivity index (χ0n) is 12.5. The second-order valence-corrected chi connectivity index (χ2v) is 6.87. The molecule has 0 amide bonds. The van der Waals surface area contributed by atoms with Gasteiger partial charge in [-0.2, -0.15) is 0 Å². The highest BCUT2D eigenvalue weighted by atomic mass is 32.2. The Balaban J connectivity index is 2.47. The maximum absolute atomic E-state index is 12.6. The van der Waals surface area contributed by atoms with E-state index < -0.39 is 10.0 Å². The van der Waals surface area contributed by atoms with Crippen LogP contribution in [-0.2, 0) is 16.6 Å². The second kappa shape index (κ2) is 5.87. The molecule has 2 aromatic rings. The van der Waals surface area contributed by atoms with Gasteiger partial charge < -0.3 is 5.73 Å². The molecule has 0 saturated carbocycles. The van der Waals surface area contributed by atoms with Gasteiger partial charge in [-0.15, -0.1) is 0 Å². The second-order valence-electron chi connectivity index (χ2n) is 5.21. The Kier molecular flexibility index (Phi) is 4.34. The van der Waals surface area contributed by atoms with Crippen molar-refractivity contribution < 1.29 is 8.42 Å². The van der Waals surface area contributed by atoms with Crippen molar-refractivity contribution in [1.29, 1.82) is 0 Å². The predicted molar refractivity (Wildman–Crippen MR) is 85.8 cm³/mol. The minimum Gasteiger partial charge on any atom is -0.326 e. The van der Waals surface area contributed by atoms with Crippen molar-refractivity contribution in [3.05, 3.63) is 58.7 Å². The maximum Gasteiger partial charge on any atom is 0.262 e. The first-order valence-electron chi connectivity index (χ1n) is 6.73. The SMILES string of the molecule is Cc1cccc(NS(=O)(=O)c2cc(CN)cc(C)c2C)c1. The first-order valence-corrected chi connectivity index (χ1v) is 8.21. The molecule has 0 unspecified atom stereocenters. The van der Waals surface area contributed by atoms with Crippen molar-refractivity contribution in [2.24, 2.45) is 5.73 Å². The summed E-state index contributed by atoms with van der Waals surface area (Å²) >= 11 is 0. The van der Waals surface area contributed by atoms with Gasteiger partial charge in [-0.25, -0.2) is 8.42 Å². The highest BCUT2D eigenvalue weighted by Gasteiger charge is 2.19. The molecule has 4 nitrogen and oxygen atoms in total. The van der Waals surface area contributed by atoms with Crippen LogP contribution in [0.25, 0.3) is 0 Å². The van der Waals surface area contributed by atoms with Crippen molar-refractivity contribution >= 4 is 15.7 Å². The van der Waals surface area contributed by atoms with Crippen LogP contribution in [-0.4, -0.2) is 8.42 Å². The van der Waals surface area contributed by atoms with Crippen LogP contribution in [0.3, 0.4) is 0 Å². The van der Waals surface area contributed by atoms with Crippen LogP contribution in [0.1, 0.15) is 22.3 Å². The van der Waals surface area contributed by atoms with Crippen LogP contribution in [0.15, 0.2) is 41.3 Å². The number of anilines is 1. The summed E-state index contributed by atoms with van der Waals surface area (Å²) in [5.74, 6) is 0. The zero-order valence-corrected chi connectivity index (χ0v) is 13.3. The average Bonchev–Trinajstić information content (AvgIpc) is 2.41. The number of sulfonamides is 1. The molecule has 0 aromatic heterocycles. The van der Waals surface area contributed by atoms with E-state index in [0.717, 1.165) is 22.3 Å². The Morgan fingerprint density at radius 3 is 2.43 bits per heavy atom. The number of benzene rings is 2. The average molecular weight is 304 g/mol. The molecular weight excluding hydrogens is 284 g/mol. The number of hydrogen-bond acceptors (Lipinski definition) is 3. The summed E-state index contributed by atoms with van der Waals surface area (Å²) in [7, 11) is -3.62. The third kappa shape index (κ3) is 3.43. The summed E-state index contributed by atoms with van der Waals surface area (Å²) in [6.07, 6.45) is 0. The van der Waals surface area contributed by atoms with Gasteiger partial charge in [0, 0.05) is 12.2 Å². The van der Waals surface area contributed by atoms with E-state index in [2.05, 4.69) is 4.72 Å². The largest absolute Gasteiger partial charge is 0.326 e. The van der Waals surface area contributed by atoms with Crippen molar-refractivity contribution in [2.75, 3.05) is 4.72 Å². The fraction of sp³-hybridized carbons (Fsp3) is 0.250. The van der Waals surface area contributed by atoms with Crippen molar-refractivity contribution in [3.8, 4) is 0 Å². The van der Waals surface area contributed by atoms with Crippen LogP contribution in [0, 0.1) is 20.8 Å². The highest BCUT2D eigenvalue weighted by Crippen LogP contribution is 2.23. The lowest BCUT2D eigenvalue weighted by Gasteiger charge is -2.14. The quantitative estimate of drug-likeness (QED) is 0.912. The Hall–Kier alpha value is -1.85. The maximum atomic E-state index is 12.6. The van der Waals surface area contributed by atoms with Gasteiger partial charge >= 0.3 is 0 Å². The fourth-order valence-electron chi connectivity index (χ4n) is 2.21. The standard InChI is InChI=1S/C16H20N2O2S/c1-11-5-4-6-15(7-11)18-21(19,20)16-9-14(10-17)8-12(2)13(16)3/h4-9,18H,10,17H2,1-3H3.